The number of thiophene rings is 1. The number of aromatic nitrogens is 4. The second kappa shape index (κ2) is 8.50. The molecule has 0 aliphatic heterocycles. The number of nitrogens with zero attached hydrogens (tertiary/aromatic N) is 4. The Labute approximate surface area is 195 Å². The van der Waals surface area contributed by atoms with Gasteiger partial charge in [-0.3, -0.25) is 4.68 Å². The fourth-order valence-electron chi connectivity index (χ4n) is 3.73. The van der Waals surface area contributed by atoms with Crippen LogP contribution in [0.5, 0.6) is 0 Å². The molecule has 7 heteroatoms. The lowest BCUT2D eigenvalue weighted by molar-refractivity contribution is 0.0651. The molecule has 0 fully saturated rings. The fourth-order valence-corrected chi connectivity index (χ4v) is 4.74. The van der Waals surface area contributed by atoms with E-state index in [2.05, 4.69) is 28.2 Å². The van der Waals surface area contributed by atoms with Crippen molar-refractivity contribution in [3.63, 3.8) is 0 Å². The number of halogens is 1. The number of rotatable bonds is 6. The van der Waals surface area contributed by atoms with Crippen molar-refractivity contribution in [2.45, 2.75) is 32.4 Å². The van der Waals surface area contributed by atoms with E-state index in [1.54, 1.807) is 43.6 Å². The van der Waals surface area contributed by atoms with Gasteiger partial charge in [-0.15, -0.1) is 11.3 Å². The summed E-state index contributed by atoms with van der Waals surface area (Å²) in [5.74, 6) is -0.295. The fraction of sp³-hybridized carbons (Fsp3) is 0.192. The highest BCUT2D eigenvalue weighted by Gasteiger charge is 2.20. The zero-order valence-electron chi connectivity index (χ0n) is 18.4. The number of aliphatic hydroxyl groups is 1. The van der Waals surface area contributed by atoms with E-state index in [0.717, 1.165) is 43.2 Å². The van der Waals surface area contributed by atoms with Crippen molar-refractivity contribution in [2.75, 3.05) is 0 Å². The maximum atomic E-state index is 13.6. The molecule has 0 spiro atoms. The van der Waals surface area contributed by atoms with Crippen molar-refractivity contribution in [3.8, 4) is 33.0 Å². The van der Waals surface area contributed by atoms with Crippen LogP contribution in [0.25, 0.3) is 43.2 Å². The average Bonchev–Trinajstić information content (AvgIpc) is 3.43. The van der Waals surface area contributed by atoms with Crippen LogP contribution in [0.2, 0.25) is 0 Å². The summed E-state index contributed by atoms with van der Waals surface area (Å²) in [6.45, 7) is 4.11. The van der Waals surface area contributed by atoms with Gasteiger partial charge >= 0.3 is 0 Å². The predicted molar refractivity (Wildman–Crippen MR) is 130 cm³/mol. The summed E-state index contributed by atoms with van der Waals surface area (Å²) < 4.78 is 15.4. The lowest BCUT2D eigenvalue weighted by Crippen LogP contribution is -2.21. The monoisotopic (exact) mass is 458 g/mol. The molecule has 0 saturated carbocycles. The van der Waals surface area contributed by atoms with E-state index < -0.39 is 5.60 Å². The standard InChI is InChI=1S/C26H23FN4OS/c1-26(2,32)12-13-31-15-21(23(30-31)18-8-10-19(27)11-9-18)24-20-14-22(17-6-4-3-5-7-17)33-25(20)29-16-28-24/h3-11,14-16,32H,12-13H2,1-2H3. The van der Waals surface area contributed by atoms with Crippen molar-refractivity contribution >= 4 is 21.6 Å². The van der Waals surface area contributed by atoms with Crippen molar-refractivity contribution in [1.82, 2.24) is 19.7 Å². The highest BCUT2D eigenvalue weighted by Crippen LogP contribution is 2.39. The minimum atomic E-state index is -0.803. The van der Waals surface area contributed by atoms with Crippen LogP contribution in [0, 0.1) is 5.82 Å². The first kappa shape index (κ1) is 21.4. The van der Waals surface area contributed by atoms with Crippen LogP contribution in [0.3, 0.4) is 0 Å². The minimum Gasteiger partial charge on any atom is -0.390 e. The Bertz CT molecular complexity index is 1400. The van der Waals surface area contributed by atoms with Crippen LogP contribution < -0.4 is 0 Å². The maximum absolute atomic E-state index is 13.6. The molecule has 0 amide bonds. The van der Waals surface area contributed by atoms with E-state index in [1.165, 1.54) is 12.1 Å². The molecular weight excluding hydrogens is 435 g/mol. The molecule has 33 heavy (non-hydrogen) atoms. The van der Waals surface area contributed by atoms with Gasteiger partial charge in [0.1, 0.15) is 22.7 Å². The molecule has 166 valence electrons. The van der Waals surface area contributed by atoms with Crippen molar-refractivity contribution in [3.05, 3.63) is 79.0 Å². The summed E-state index contributed by atoms with van der Waals surface area (Å²) >= 11 is 1.62. The van der Waals surface area contributed by atoms with Crippen molar-refractivity contribution in [1.29, 1.82) is 0 Å². The van der Waals surface area contributed by atoms with Gasteiger partial charge in [0, 0.05) is 34.1 Å². The van der Waals surface area contributed by atoms with E-state index in [4.69, 9.17) is 5.10 Å². The van der Waals surface area contributed by atoms with Crippen LogP contribution in [0.15, 0.2) is 73.2 Å². The Morgan fingerprint density at radius 3 is 2.45 bits per heavy atom. The summed E-state index contributed by atoms with van der Waals surface area (Å²) in [7, 11) is 0. The maximum Gasteiger partial charge on any atom is 0.127 e. The molecule has 0 aliphatic rings. The molecule has 0 saturated heterocycles. The van der Waals surface area contributed by atoms with Crippen LogP contribution in [-0.4, -0.2) is 30.5 Å². The minimum absolute atomic E-state index is 0.295. The third-order valence-corrected chi connectivity index (χ3v) is 6.57. The highest BCUT2D eigenvalue weighted by atomic mass is 32.1. The Morgan fingerprint density at radius 1 is 0.970 bits per heavy atom. The number of aryl methyl sites for hydroxylation is 1. The number of hydrogen-bond donors (Lipinski definition) is 1. The third-order valence-electron chi connectivity index (χ3n) is 5.47. The second-order valence-electron chi connectivity index (χ2n) is 8.64. The van der Waals surface area contributed by atoms with Gasteiger partial charge < -0.3 is 5.11 Å². The Balaban J connectivity index is 1.65. The Morgan fingerprint density at radius 2 is 1.73 bits per heavy atom. The summed E-state index contributed by atoms with van der Waals surface area (Å²) in [5.41, 5.74) is 3.49. The lowest BCUT2D eigenvalue weighted by atomic mass is 10.0. The molecule has 0 aliphatic carbocycles. The summed E-state index contributed by atoms with van der Waals surface area (Å²) in [6.07, 6.45) is 4.07. The second-order valence-corrected chi connectivity index (χ2v) is 9.67. The van der Waals surface area contributed by atoms with Gasteiger partial charge in [0.05, 0.1) is 11.3 Å². The molecule has 0 unspecified atom stereocenters. The SMILES string of the molecule is CC(C)(O)CCn1cc(-c2ncnc3sc(-c4ccccc4)cc23)c(-c2ccc(F)cc2)n1. The van der Waals surface area contributed by atoms with Crippen LogP contribution in [-0.2, 0) is 6.54 Å². The van der Waals surface area contributed by atoms with E-state index in [9.17, 15) is 9.50 Å². The van der Waals surface area contributed by atoms with Gasteiger partial charge in [-0.1, -0.05) is 30.3 Å². The van der Waals surface area contributed by atoms with Gasteiger partial charge in [0.15, 0.2) is 0 Å². The summed E-state index contributed by atoms with van der Waals surface area (Å²) in [4.78, 5) is 11.1. The number of fused-ring (bicyclic) bond motifs is 1. The molecule has 0 atom stereocenters. The van der Waals surface area contributed by atoms with Gasteiger partial charge in [-0.05, 0) is 56.2 Å². The number of hydrogen-bond acceptors (Lipinski definition) is 5. The van der Waals surface area contributed by atoms with Crippen LogP contribution >= 0.6 is 11.3 Å². The largest absolute Gasteiger partial charge is 0.390 e. The normalized spacial score (nSPS) is 11.9. The van der Waals surface area contributed by atoms with Gasteiger partial charge in [-0.2, -0.15) is 5.10 Å². The van der Waals surface area contributed by atoms with Crippen molar-refractivity contribution in [2.24, 2.45) is 0 Å². The quantitative estimate of drug-likeness (QED) is 0.330. The highest BCUT2D eigenvalue weighted by molar-refractivity contribution is 7.21. The molecule has 1 N–H and O–H groups in total. The molecular formula is C26H23FN4OS. The van der Waals surface area contributed by atoms with E-state index >= 15 is 0 Å². The molecule has 3 heterocycles. The first-order chi connectivity index (χ1) is 15.9. The molecule has 0 radical (unpaired) electrons. The van der Waals surface area contributed by atoms with E-state index in [-0.39, 0.29) is 5.82 Å². The average molecular weight is 459 g/mol. The first-order valence-corrected chi connectivity index (χ1v) is 11.6. The molecule has 0 bridgehead atoms. The first-order valence-electron chi connectivity index (χ1n) is 10.7. The Hall–Kier alpha value is -3.42. The third kappa shape index (κ3) is 4.55. The summed E-state index contributed by atoms with van der Waals surface area (Å²) in [6, 6.07) is 18.6. The molecule has 5 nitrogen and oxygen atoms in total. The zero-order chi connectivity index (χ0) is 23.0. The topological polar surface area (TPSA) is 63.8 Å². The van der Waals surface area contributed by atoms with Gasteiger partial charge in [0.25, 0.3) is 0 Å². The number of benzene rings is 2. The molecule has 2 aromatic carbocycles. The van der Waals surface area contributed by atoms with Crippen molar-refractivity contribution < 1.29 is 9.50 Å². The molecule has 5 aromatic rings. The van der Waals surface area contributed by atoms with E-state index in [1.807, 2.05) is 29.1 Å². The predicted octanol–water partition coefficient (Wildman–Crippen LogP) is 6.19. The lowest BCUT2D eigenvalue weighted by Gasteiger charge is -2.16. The smallest absolute Gasteiger partial charge is 0.127 e. The Kier molecular flexibility index (Phi) is 5.52. The molecule has 5 rings (SSSR count). The van der Waals surface area contributed by atoms with E-state index in [0.29, 0.717) is 13.0 Å². The zero-order valence-corrected chi connectivity index (χ0v) is 19.2. The van der Waals surface area contributed by atoms with Crippen LogP contribution in [0.4, 0.5) is 4.39 Å². The van der Waals surface area contributed by atoms with Gasteiger partial charge in [-0.25, -0.2) is 14.4 Å². The summed E-state index contributed by atoms with van der Waals surface area (Å²) in [5, 5.41) is 15.9. The van der Waals surface area contributed by atoms with Crippen LogP contribution in [0.1, 0.15) is 20.3 Å². The molecule has 3 aromatic heterocycles. The van der Waals surface area contributed by atoms with Gasteiger partial charge in [0.2, 0.25) is 0 Å².